The topological polar surface area (TPSA) is 47.6 Å². The Morgan fingerprint density at radius 3 is 2.47 bits per heavy atom. The molecule has 0 amide bonds. The van der Waals surface area contributed by atoms with E-state index < -0.39 is 17.4 Å². The number of benzene rings is 1. The lowest BCUT2D eigenvalue weighted by molar-refractivity contribution is -0.0242. The Bertz CT molecular complexity index is 957. The van der Waals surface area contributed by atoms with Crippen molar-refractivity contribution in [2.75, 3.05) is 24.1 Å². The second-order valence-electron chi connectivity index (χ2n) is 8.64. The number of hydrogen-bond donors (Lipinski definition) is 0. The van der Waals surface area contributed by atoms with Crippen LogP contribution in [0.25, 0.3) is 11.1 Å². The van der Waals surface area contributed by atoms with E-state index in [0.717, 1.165) is 62.6 Å². The Morgan fingerprint density at radius 2 is 1.87 bits per heavy atom. The van der Waals surface area contributed by atoms with Gasteiger partial charge in [0.25, 0.3) is 0 Å². The summed E-state index contributed by atoms with van der Waals surface area (Å²) >= 11 is 2.50. The summed E-state index contributed by atoms with van der Waals surface area (Å²) in [7, 11) is 0. The third kappa shape index (κ3) is 3.83. The van der Waals surface area contributed by atoms with Crippen molar-refractivity contribution in [1.29, 1.82) is 0 Å². The highest BCUT2D eigenvalue weighted by molar-refractivity contribution is 14.1. The number of fused-ring (bicyclic) bond motifs is 1. The van der Waals surface area contributed by atoms with E-state index in [1.54, 1.807) is 0 Å². The summed E-state index contributed by atoms with van der Waals surface area (Å²) in [5.74, 6) is -2.63. The number of likely N-dealkylation sites (tertiary alicyclic amines) is 1. The number of alkyl halides is 1. The summed E-state index contributed by atoms with van der Waals surface area (Å²) in [5, 5.41) is 0. The van der Waals surface area contributed by atoms with Crippen LogP contribution < -0.4 is 5.76 Å². The van der Waals surface area contributed by atoms with Crippen molar-refractivity contribution in [3.8, 4) is 0 Å². The van der Waals surface area contributed by atoms with E-state index in [9.17, 15) is 13.6 Å². The third-order valence-electron chi connectivity index (χ3n) is 6.98. The molecule has 0 radical (unpaired) electrons. The molecular formula is C22H29F2IN2O3. The maximum atomic E-state index is 14.3. The summed E-state index contributed by atoms with van der Waals surface area (Å²) in [6, 6.07) is 1.46. The van der Waals surface area contributed by atoms with Crippen molar-refractivity contribution in [2.24, 2.45) is 0 Å². The average Bonchev–Trinajstić information content (AvgIpc) is 3.09. The van der Waals surface area contributed by atoms with E-state index >= 15 is 0 Å². The highest BCUT2D eigenvalue weighted by Gasteiger charge is 2.41. The highest BCUT2D eigenvalue weighted by Crippen LogP contribution is 2.39. The quantitative estimate of drug-likeness (QED) is 0.402. The van der Waals surface area contributed by atoms with E-state index in [1.807, 2.05) is 6.92 Å². The highest BCUT2D eigenvalue weighted by atomic mass is 127. The molecule has 1 aliphatic heterocycles. The first kappa shape index (κ1) is 22.2. The van der Waals surface area contributed by atoms with Crippen LogP contribution in [0.2, 0.25) is 0 Å². The lowest BCUT2D eigenvalue weighted by Gasteiger charge is -2.49. The van der Waals surface area contributed by atoms with Gasteiger partial charge in [-0.1, -0.05) is 22.6 Å². The zero-order valence-electron chi connectivity index (χ0n) is 17.6. The third-order valence-corrected chi connectivity index (χ3v) is 8.40. The van der Waals surface area contributed by atoms with Gasteiger partial charge in [0.2, 0.25) is 5.82 Å². The minimum atomic E-state index is -1.08. The molecule has 1 aliphatic carbocycles. The number of aromatic nitrogens is 1. The molecule has 2 aromatic rings. The van der Waals surface area contributed by atoms with Gasteiger partial charge < -0.3 is 9.15 Å². The standard InChI is InChI=1S/C22H29F2IN2O3/c1-3-29-16-4-8-22(13-25,9-5-16)26-10-6-15(7-11-26)27-17-12-14(2)18(23)19(24)20(17)30-21(27)28/h12,15-16H,3-11,13H2,1-2H3. The number of oxazole rings is 1. The zero-order chi connectivity index (χ0) is 21.5. The molecule has 30 heavy (non-hydrogen) atoms. The van der Waals surface area contributed by atoms with Crippen LogP contribution in [0.15, 0.2) is 15.3 Å². The first-order valence-electron chi connectivity index (χ1n) is 10.8. The fourth-order valence-corrected chi connectivity index (χ4v) is 6.48. The number of aryl methyl sites for hydroxylation is 1. The molecule has 1 saturated carbocycles. The van der Waals surface area contributed by atoms with Gasteiger partial charge >= 0.3 is 5.76 Å². The Hall–Kier alpha value is -1.00. The minimum Gasteiger partial charge on any atom is -0.404 e. The van der Waals surface area contributed by atoms with Gasteiger partial charge in [-0.05, 0) is 64.0 Å². The van der Waals surface area contributed by atoms with Crippen LogP contribution in [-0.2, 0) is 4.74 Å². The van der Waals surface area contributed by atoms with Crippen LogP contribution in [-0.4, -0.2) is 45.2 Å². The van der Waals surface area contributed by atoms with E-state index in [1.165, 1.54) is 17.6 Å². The Kier molecular flexibility index (Phi) is 6.56. The van der Waals surface area contributed by atoms with Crippen LogP contribution in [0, 0.1) is 18.6 Å². The van der Waals surface area contributed by atoms with Crippen LogP contribution in [0.3, 0.4) is 0 Å². The summed E-state index contributed by atoms with van der Waals surface area (Å²) in [4.78, 5) is 15.1. The molecule has 4 rings (SSSR count). The molecule has 2 heterocycles. The average molecular weight is 534 g/mol. The van der Waals surface area contributed by atoms with E-state index in [2.05, 4.69) is 27.5 Å². The first-order valence-corrected chi connectivity index (χ1v) is 12.3. The van der Waals surface area contributed by atoms with Gasteiger partial charge in [-0.3, -0.25) is 9.47 Å². The molecular weight excluding hydrogens is 505 g/mol. The van der Waals surface area contributed by atoms with Crippen molar-refractivity contribution in [1.82, 2.24) is 9.47 Å². The van der Waals surface area contributed by atoms with Gasteiger partial charge in [-0.2, -0.15) is 4.39 Å². The molecule has 2 fully saturated rings. The lowest BCUT2D eigenvalue weighted by atomic mass is 9.79. The zero-order valence-corrected chi connectivity index (χ0v) is 19.7. The Balaban J connectivity index is 1.51. The second-order valence-corrected chi connectivity index (χ2v) is 9.40. The normalized spacial score (nSPS) is 26.5. The van der Waals surface area contributed by atoms with Gasteiger partial charge in [-0.25, -0.2) is 9.18 Å². The predicted molar refractivity (Wildman–Crippen MR) is 120 cm³/mol. The Morgan fingerprint density at radius 1 is 1.20 bits per heavy atom. The molecule has 1 aromatic carbocycles. The molecule has 2 aliphatic rings. The molecule has 0 unspecified atom stereocenters. The molecule has 0 N–H and O–H groups in total. The largest absolute Gasteiger partial charge is 0.420 e. The molecule has 8 heteroatoms. The number of piperidine rings is 1. The maximum absolute atomic E-state index is 14.3. The summed E-state index contributed by atoms with van der Waals surface area (Å²) in [6.07, 6.45) is 6.39. The first-order chi connectivity index (χ1) is 14.4. The SMILES string of the molecule is CCOC1CCC(CI)(N2CCC(n3c(=O)oc4c(F)c(F)c(C)cc43)CC2)CC1. The van der Waals surface area contributed by atoms with Crippen molar-refractivity contribution >= 4 is 33.7 Å². The van der Waals surface area contributed by atoms with Crippen LogP contribution in [0.5, 0.6) is 0 Å². The van der Waals surface area contributed by atoms with E-state index in [-0.39, 0.29) is 22.7 Å². The van der Waals surface area contributed by atoms with Crippen molar-refractivity contribution < 1.29 is 17.9 Å². The molecule has 1 saturated heterocycles. The lowest BCUT2D eigenvalue weighted by Crippen LogP contribution is -2.56. The van der Waals surface area contributed by atoms with Crippen LogP contribution in [0.4, 0.5) is 8.78 Å². The maximum Gasteiger partial charge on any atom is 0.420 e. The fourth-order valence-electron chi connectivity index (χ4n) is 5.24. The molecule has 5 nitrogen and oxygen atoms in total. The minimum absolute atomic E-state index is 0.0645. The number of ether oxygens (including phenoxy) is 1. The molecule has 166 valence electrons. The number of nitrogens with zero attached hydrogens (tertiary/aromatic N) is 2. The summed E-state index contributed by atoms with van der Waals surface area (Å²) < 4.78 is 41.7. The number of halogens is 3. The number of rotatable bonds is 5. The number of hydrogen-bond acceptors (Lipinski definition) is 4. The predicted octanol–water partition coefficient (Wildman–Crippen LogP) is 4.97. The van der Waals surface area contributed by atoms with Crippen molar-refractivity contribution in [2.45, 2.75) is 70.1 Å². The van der Waals surface area contributed by atoms with E-state index in [0.29, 0.717) is 11.6 Å². The van der Waals surface area contributed by atoms with Crippen LogP contribution in [0.1, 0.15) is 57.1 Å². The van der Waals surface area contributed by atoms with Gasteiger partial charge in [0.05, 0.1) is 11.6 Å². The second kappa shape index (κ2) is 8.86. The van der Waals surface area contributed by atoms with Gasteiger partial charge in [-0.15, -0.1) is 0 Å². The van der Waals surface area contributed by atoms with Crippen molar-refractivity contribution in [3.63, 3.8) is 0 Å². The molecule has 0 atom stereocenters. The fraction of sp³-hybridized carbons (Fsp3) is 0.682. The van der Waals surface area contributed by atoms with Gasteiger partial charge in [0.15, 0.2) is 11.4 Å². The van der Waals surface area contributed by atoms with Crippen LogP contribution >= 0.6 is 22.6 Å². The molecule has 0 bridgehead atoms. The van der Waals surface area contributed by atoms with E-state index in [4.69, 9.17) is 9.15 Å². The van der Waals surface area contributed by atoms with Crippen molar-refractivity contribution in [3.05, 3.63) is 33.8 Å². The smallest absolute Gasteiger partial charge is 0.404 e. The van der Waals surface area contributed by atoms with Gasteiger partial charge in [0.1, 0.15) is 0 Å². The molecule has 0 spiro atoms. The Labute approximate surface area is 188 Å². The molecule has 1 aromatic heterocycles. The summed E-state index contributed by atoms with van der Waals surface area (Å²) in [5.41, 5.74) is 0.454. The van der Waals surface area contributed by atoms with Gasteiger partial charge in [0, 0.05) is 35.7 Å². The summed E-state index contributed by atoms with van der Waals surface area (Å²) in [6.45, 7) is 6.09. The monoisotopic (exact) mass is 534 g/mol.